The molecular weight excluding hydrogens is 428 g/mol. The van der Waals surface area contributed by atoms with Crippen LogP contribution < -0.4 is 0 Å². The van der Waals surface area contributed by atoms with Gasteiger partial charge in [-0.3, -0.25) is 9.59 Å². The number of esters is 1. The van der Waals surface area contributed by atoms with E-state index in [0.717, 1.165) is 18.4 Å². The number of carboxylic acids is 1. The van der Waals surface area contributed by atoms with E-state index < -0.39 is 23.8 Å². The summed E-state index contributed by atoms with van der Waals surface area (Å²) in [5.41, 5.74) is 1.98. The number of aliphatic carboxylic acids is 1. The van der Waals surface area contributed by atoms with E-state index in [1.165, 1.54) is 5.56 Å². The largest absolute Gasteiger partial charge is 0.481 e. The number of terminal acetylenes is 1. The zero-order valence-electron chi connectivity index (χ0n) is 20.4. The van der Waals surface area contributed by atoms with Gasteiger partial charge in [0.15, 0.2) is 0 Å². The summed E-state index contributed by atoms with van der Waals surface area (Å²) < 4.78 is 9.93. The van der Waals surface area contributed by atoms with Crippen molar-refractivity contribution in [1.82, 2.24) is 0 Å². The van der Waals surface area contributed by atoms with Crippen molar-refractivity contribution in [2.24, 2.45) is 11.8 Å². The second-order valence-corrected chi connectivity index (χ2v) is 9.16. The van der Waals surface area contributed by atoms with Gasteiger partial charge < -0.3 is 14.6 Å². The summed E-state index contributed by atoms with van der Waals surface area (Å²) in [4.78, 5) is 24.7. The molecule has 0 spiro atoms. The molecule has 0 bridgehead atoms. The second-order valence-electron chi connectivity index (χ2n) is 9.16. The molecule has 5 heteroatoms. The molecular formula is C29H36O5. The molecule has 0 heterocycles. The zero-order chi connectivity index (χ0) is 25.0. The fourth-order valence-electron chi connectivity index (χ4n) is 4.65. The summed E-state index contributed by atoms with van der Waals surface area (Å²) in [5.74, 6) is -2.29. The number of benzene rings is 2. The Balaban J connectivity index is 2.23. The van der Waals surface area contributed by atoms with Gasteiger partial charge in [0.2, 0.25) is 0 Å². The minimum Gasteiger partial charge on any atom is -0.481 e. The quantitative estimate of drug-likeness (QED) is 0.217. The maximum absolute atomic E-state index is 12.4. The van der Waals surface area contributed by atoms with E-state index in [4.69, 9.17) is 15.9 Å². The van der Waals surface area contributed by atoms with Crippen LogP contribution in [0.25, 0.3) is 0 Å². The fraction of sp³-hybridized carbons (Fsp3) is 0.448. The van der Waals surface area contributed by atoms with Gasteiger partial charge in [0, 0.05) is 0 Å². The van der Waals surface area contributed by atoms with Crippen LogP contribution in [0.4, 0.5) is 0 Å². The number of hydrogen-bond acceptors (Lipinski definition) is 4. The number of rotatable bonds is 14. The van der Waals surface area contributed by atoms with Gasteiger partial charge >= 0.3 is 11.9 Å². The van der Waals surface area contributed by atoms with Gasteiger partial charge in [0.05, 0.1) is 11.8 Å². The van der Waals surface area contributed by atoms with E-state index >= 15 is 0 Å². The van der Waals surface area contributed by atoms with Gasteiger partial charge in [-0.2, -0.15) is 0 Å². The zero-order valence-corrected chi connectivity index (χ0v) is 20.4. The molecule has 0 amide bonds. The molecule has 2 aromatic carbocycles. The summed E-state index contributed by atoms with van der Waals surface area (Å²) in [5, 5.41) is 10.1. The van der Waals surface area contributed by atoms with Crippen LogP contribution in [-0.4, -0.2) is 30.3 Å². The second kappa shape index (κ2) is 13.4. The van der Waals surface area contributed by atoms with Crippen molar-refractivity contribution >= 4 is 11.9 Å². The van der Waals surface area contributed by atoms with Crippen LogP contribution in [0.15, 0.2) is 60.7 Å². The molecule has 0 aliphatic carbocycles. The number of carboxylic acid groups (broad SMARTS) is 1. The van der Waals surface area contributed by atoms with Crippen molar-refractivity contribution in [2.75, 3.05) is 13.2 Å². The Labute approximate surface area is 203 Å². The fourth-order valence-corrected chi connectivity index (χ4v) is 4.65. The Hall–Kier alpha value is -3.26. The van der Waals surface area contributed by atoms with Gasteiger partial charge in [-0.1, -0.05) is 87.9 Å². The normalized spacial score (nSPS) is 15.2. The molecule has 5 nitrogen and oxygen atoms in total. The molecule has 4 unspecified atom stereocenters. The Bertz CT molecular complexity index is 934. The molecule has 0 aromatic heterocycles. The van der Waals surface area contributed by atoms with Crippen molar-refractivity contribution < 1.29 is 24.2 Å². The molecule has 0 fully saturated rings. The molecule has 182 valence electrons. The molecule has 0 aliphatic heterocycles. The van der Waals surface area contributed by atoms with Crippen molar-refractivity contribution in [3.05, 3.63) is 71.8 Å². The highest BCUT2D eigenvalue weighted by Crippen LogP contribution is 2.42. The first kappa shape index (κ1) is 27.0. The van der Waals surface area contributed by atoms with E-state index in [0.29, 0.717) is 12.3 Å². The van der Waals surface area contributed by atoms with E-state index in [-0.39, 0.29) is 25.0 Å². The average Bonchev–Trinajstić information content (AvgIpc) is 2.85. The van der Waals surface area contributed by atoms with E-state index in [9.17, 15) is 14.7 Å². The third-order valence-electron chi connectivity index (χ3n) is 6.53. The lowest BCUT2D eigenvalue weighted by Crippen LogP contribution is -2.33. The minimum atomic E-state index is -0.898. The van der Waals surface area contributed by atoms with Gasteiger partial charge in [0.25, 0.3) is 0 Å². The van der Waals surface area contributed by atoms with Crippen LogP contribution in [-0.2, 0) is 24.5 Å². The summed E-state index contributed by atoms with van der Waals surface area (Å²) >= 11 is 0. The molecule has 2 aromatic rings. The van der Waals surface area contributed by atoms with Crippen LogP contribution in [0.3, 0.4) is 0 Å². The predicted octanol–water partition coefficient (Wildman–Crippen LogP) is 5.80. The summed E-state index contributed by atoms with van der Waals surface area (Å²) in [6.07, 6.45) is 9.42. The maximum Gasteiger partial charge on any atom is 0.308 e. The molecule has 1 N–H and O–H groups in total. The van der Waals surface area contributed by atoms with Crippen LogP contribution in [0, 0.1) is 24.4 Å². The Morgan fingerprint density at radius 1 is 1.03 bits per heavy atom. The standard InChI is InChI=1S/C29H36O5/c1-5-23(24-13-9-7-10-14-24)20-29(4,26-15-11-8-12-16-26)21-25(27(30)31)19-22(3)28(32)34-18-17-33-6-2/h2,7-16,22-23,25H,5,17-21H2,1,3-4H3,(H,30,31). The SMILES string of the molecule is C#COCCOC(=O)C(C)CC(CC(C)(CC(CC)c1ccccc1)c1ccccc1)C(=O)O. The number of carbonyl (C=O) groups excluding carboxylic acids is 1. The topological polar surface area (TPSA) is 72.8 Å². The first-order valence-corrected chi connectivity index (χ1v) is 11.9. The smallest absolute Gasteiger partial charge is 0.308 e. The highest BCUT2D eigenvalue weighted by Gasteiger charge is 2.36. The van der Waals surface area contributed by atoms with E-state index in [2.05, 4.69) is 38.1 Å². The van der Waals surface area contributed by atoms with Gasteiger partial charge in [-0.05, 0) is 48.1 Å². The van der Waals surface area contributed by atoms with Crippen LogP contribution >= 0.6 is 0 Å². The maximum atomic E-state index is 12.4. The van der Waals surface area contributed by atoms with Crippen LogP contribution in [0.2, 0.25) is 0 Å². The lowest BCUT2D eigenvalue weighted by Gasteiger charge is -2.36. The van der Waals surface area contributed by atoms with Gasteiger partial charge in [-0.15, -0.1) is 0 Å². The first-order valence-electron chi connectivity index (χ1n) is 11.9. The molecule has 0 saturated carbocycles. The van der Waals surface area contributed by atoms with Crippen molar-refractivity contribution in [3.8, 4) is 12.5 Å². The van der Waals surface area contributed by atoms with E-state index in [1.807, 2.05) is 42.5 Å². The monoisotopic (exact) mass is 464 g/mol. The Morgan fingerprint density at radius 3 is 2.21 bits per heavy atom. The number of hydrogen-bond donors (Lipinski definition) is 1. The molecule has 0 saturated heterocycles. The van der Waals surface area contributed by atoms with Crippen molar-refractivity contribution in [1.29, 1.82) is 0 Å². The first-order chi connectivity index (χ1) is 16.3. The highest BCUT2D eigenvalue weighted by molar-refractivity contribution is 5.75. The van der Waals surface area contributed by atoms with Crippen molar-refractivity contribution in [2.45, 2.75) is 57.8 Å². The predicted molar refractivity (Wildman–Crippen MR) is 133 cm³/mol. The molecule has 34 heavy (non-hydrogen) atoms. The summed E-state index contributed by atoms with van der Waals surface area (Å²) in [6, 6.07) is 20.4. The highest BCUT2D eigenvalue weighted by atomic mass is 16.6. The summed E-state index contributed by atoms with van der Waals surface area (Å²) in [7, 11) is 0. The Kier molecular flexibility index (Phi) is 10.7. The van der Waals surface area contributed by atoms with E-state index in [1.54, 1.807) is 6.92 Å². The molecule has 0 aliphatic rings. The summed E-state index contributed by atoms with van der Waals surface area (Å²) in [6.45, 7) is 6.17. The third-order valence-corrected chi connectivity index (χ3v) is 6.53. The lowest BCUT2D eigenvalue weighted by molar-refractivity contribution is -0.151. The molecule has 4 atom stereocenters. The van der Waals surface area contributed by atoms with Gasteiger partial charge in [0.1, 0.15) is 19.3 Å². The van der Waals surface area contributed by atoms with Gasteiger partial charge in [-0.25, -0.2) is 0 Å². The third kappa shape index (κ3) is 7.95. The molecule has 2 rings (SSSR count). The minimum absolute atomic E-state index is 0.0437. The molecule has 0 radical (unpaired) electrons. The van der Waals surface area contributed by atoms with Crippen LogP contribution in [0.1, 0.15) is 63.5 Å². The van der Waals surface area contributed by atoms with Crippen molar-refractivity contribution in [3.63, 3.8) is 0 Å². The van der Waals surface area contributed by atoms with Crippen LogP contribution in [0.5, 0.6) is 0 Å². The number of ether oxygens (including phenoxy) is 2. The average molecular weight is 465 g/mol. The lowest BCUT2D eigenvalue weighted by atomic mass is 9.67. The Morgan fingerprint density at radius 2 is 1.65 bits per heavy atom. The number of carbonyl (C=O) groups is 2.